The lowest BCUT2D eigenvalue weighted by atomic mass is 10.1. The highest BCUT2D eigenvalue weighted by atomic mass is 16.5. The lowest BCUT2D eigenvalue weighted by Crippen LogP contribution is -2.35. The molecule has 1 unspecified atom stereocenters. The topological polar surface area (TPSA) is 89.3 Å². The highest BCUT2D eigenvalue weighted by Crippen LogP contribution is 2.22. The Labute approximate surface area is 116 Å². The standard InChI is InChI=1S/C14H16N4O2/c15-18-12-7-13(14(19)16-9-5-6-20-8-9)17-11-4-2-1-3-10(11)12/h1-4,7,9H,5-6,8,15H2,(H,16,19)(H,17,18). The first-order valence-corrected chi connectivity index (χ1v) is 6.53. The van der Waals surface area contributed by atoms with E-state index in [1.54, 1.807) is 6.07 Å². The molecule has 0 saturated carbocycles. The second-order valence-corrected chi connectivity index (χ2v) is 4.75. The molecule has 1 saturated heterocycles. The second kappa shape index (κ2) is 5.44. The van der Waals surface area contributed by atoms with E-state index < -0.39 is 0 Å². The summed E-state index contributed by atoms with van der Waals surface area (Å²) in [5.74, 6) is 5.31. The monoisotopic (exact) mass is 272 g/mol. The molecule has 0 aliphatic carbocycles. The number of hydrogen-bond acceptors (Lipinski definition) is 5. The van der Waals surface area contributed by atoms with Crippen LogP contribution in [0, 0.1) is 0 Å². The Bertz CT molecular complexity index is 638. The molecule has 1 aliphatic heterocycles. The molecule has 1 aromatic heterocycles. The van der Waals surface area contributed by atoms with E-state index in [0.717, 1.165) is 17.3 Å². The molecule has 6 nitrogen and oxygen atoms in total. The van der Waals surface area contributed by atoms with Crippen molar-refractivity contribution in [3.63, 3.8) is 0 Å². The average Bonchev–Trinajstić information content (AvgIpc) is 2.99. The summed E-state index contributed by atoms with van der Waals surface area (Å²) in [6.07, 6.45) is 0.835. The minimum atomic E-state index is -0.206. The Kier molecular flexibility index (Phi) is 3.49. The van der Waals surface area contributed by atoms with E-state index in [9.17, 15) is 4.79 Å². The molecule has 1 amide bonds. The molecule has 0 bridgehead atoms. The molecule has 20 heavy (non-hydrogen) atoms. The van der Waals surface area contributed by atoms with Crippen molar-refractivity contribution in [2.24, 2.45) is 5.84 Å². The molecule has 6 heteroatoms. The van der Waals surface area contributed by atoms with Crippen LogP contribution in [0.3, 0.4) is 0 Å². The molecule has 1 aliphatic rings. The Morgan fingerprint density at radius 2 is 2.25 bits per heavy atom. The number of aromatic nitrogens is 1. The van der Waals surface area contributed by atoms with Gasteiger partial charge in [0.05, 0.1) is 23.9 Å². The first-order valence-electron chi connectivity index (χ1n) is 6.53. The van der Waals surface area contributed by atoms with Crippen LogP contribution in [0.1, 0.15) is 16.9 Å². The maximum atomic E-state index is 12.2. The zero-order valence-corrected chi connectivity index (χ0v) is 10.9. The number of pyridine rings is 1. The van der Waals surface area contributed by atoms with Crippen LogP contribution in [0.4, 0.5) is 5.69 Å². The van der Waals surface area contributed by atoms with Crippen LogP contribution in [0.15, 0.2) is 30.3 Å². The zero-order chi connectivity index (χ0) is 13.9. The Morgan fingerprint density at radius 1 is 1.40 bits per heavy atom. The van der Waals surface area contributed by atoms with Crippen molar-refractivity contribution in [2.45, 2.75) is 12.5 Å². The fourth-order valence-corrected chi connectivity index (χ4v) is 2.32. The molecule has 4 N–H and O–H groups in total. The predicted molar refractivity (Wildman–Crippen MR) is 76.2 cm³/mol. The molecular weight excluding hydrogens is 256 g/mol. The third-order valence-electron chi connectivity index (χ3n) is 3.37. The van der Waals surface area contributed by atoms with Gasteiger partial charge in [-0.1, -0.05) is 18.2 Å². The fraction of sp³-hybridized carbons (Fsp3) is 0.286. The van der Waals surface area contributed by atoms with Crippen LogP contribution in [0.5, 0.6) is 0 Å². The molecule has 1 aromatic carbocycles. The number of nitrogens with zero attached hydrogens (tertiary/aromatic N) is 1. The normalized spacial score (nSPS) is 18.1. The number of amides is 1. The molecule has 1 atom stereocenters. The summed E-state index contributed by atoms with van der Waals surface area (Å²) in [6, 6.07) is 9.26. The number of carbonyl (C=O) groups excluding carboxylic acids is 1. The fourth-order valence-electron chi connectivity index (χ4n) is 2.32. The molecule has 104 valence electrons. The van der Waals surface area contributed by atoms with Crippen LogP contribution in [-0.2, 0) is 4.74 Å². The summed E-state index contributed by atoms with van der Waals surface area (Å²) in [5, 5.41) is 3.80. The number of carbonyl (C=O) groups is 1. The van der Waals surface area contributed by atoms with Crippen molar-refractivity contribution in [1.82, 2.24) is 10.3 Å². The number of hydrazine groups is 1. The maximum Gasteiger partial charge on any atom is 0.270 e. The smallest absolute Gasteiger partial charge is 0.270 e. The van der Waals surface area contributed by atoms with Gasteiger partial charge in [0, 0.05) is 12.0 Å². The summed E-state index contributed by atoms with van der Waals surface area (Å²) < 4.78 is 5.24. The Morgan fingerprint density at radius 3 is 3.00 bits per heavy atom. The molecule has 3 rings (SSSR count). The summed E-state index contributed by atoms with van der Waals surface area (Å²) in [4.78, 5) is 16.6. The van der Waals surface area contributed by atoms with Crippen molar-refractivity contribution in [2.75, 3.05) is 18.6 Å². The third-order valence-corrected chi connectivity index (χ3v) is 3.37. The number of nitrogens with one attached hydrogen (secondary N) is 2. The van der Waals surface area contributed by atoms with E-state index in [1.165, 1.54) is 0 Å². The summed E-state index contributed by atoms with van der Waals surface area (Å²) in [7, 11) is 0. The Balaban J connectivity index is 1.92. The van der Waals surface area contributed by atoms with Crippen LogP contribution in [0.2, 0.25) is 0 Å². The molecule has 2 aromatic rings. The highest BCUT2D eigenvalue weighted by molar-refractivity contribution is 5.99. The molecule has 0 radical (unpaired) electrons. The van der Waals surface area contributed by atoms with E-state index in [-0.39, 0.29) is 11.9 Å². The lowest BCUT2D eigenvalue weighted by Gasteiger charge is -2.12. The van der Waals surface area contributed by atoms with Gasteiger partial charge in [-0.2, -0.15) is 0 Å². The molecule has 2 heterocycles. The largest absolute Gasteiger partial charge is 0.379 e. The van der Waals surface area contributed by atoms with Crippen LogP contribution in [-0.4, -0.2) is 30.1 Å². The molecular formula is C14H16N4O2. The zero-order valence-electron chi connectivity index (χ0n) is 10.9. The van der Waals surface area contributed by atoms with Crippen LogP contribution in [0.25, 0.3) is 10.9 Å². The van der Waals surface area contributed by atoms with E-state index in [0.29, 0.717) is 24.6 Å². The number of nitrogens with two attached hydrogens (primary N) is 1. The average molecular weight is 272 g/mol. The number of nitrogen functional groups attached to an aromatic ring is 1. The van der Waals surface area contributed by atoms with Crippen molar-refractivity contribution in [3.8, 4) is 0 Å². The van der Waals surface area contributed by atoms with Gasteiger partial charge in [0.15, 0.2) is 0 Å². The van der Waals surface area contributed by atoms with Gasteiger partial charge in [-0.3, -0.25) is 10.6 Å². The summed E-state index contributed by atoms with van der Waals surface area (Å²) in [5.41, 5.74) is 4.38. The van der Waals surface area contributed by atoms with Crippen LogP contribution >= 0.6 is 0 Å². The second-order valence-electron chi connectivity index (χ2n) is 4.75. The first-order chi connectivity index (χ1) is 9.78. The number of para-hydroxylation sites is 1. The number of rotatable bonds is 3. The van der Waals surface area contributed by atoms with Gasteiger partial charge in [-0.15, -0.1) is 0 Å². The van der Waals surface area contributed by atoms with Gasteiger partial charge >= 0.3 is 0 Å². The first kappa shape index (κ1) is 12.8. The van der Waals surface area contributed by atoms with Crippen molar-refractivity contribution in [3.05, 3.63) is 36.0 Å². The van der Waals surface area contributed by atoms with E-state index in [1.807, 2.05) is 24.3 Å². The van der Waals surface area contributed by atoms with Crippen molar-refractivity contribution >= 4 is 22.5 Å². The van der Waals surface area contributed by atoms with Gasteiger partial charge in [-0.25, -0.2) is 4.98 Å². The summed E-state index contributed by atoms with van der Waals surface area (Å²) in [6.45, 7) is 1.24. The van der Waals surface area contributed by atoms with E-state index in [4.69, 9.17) is 10.6 Å². The maximum absolute atomic E-state index is 12.2. The Hall–Kier alpha value is -2.18. The van der Waals surface area contributed by atoms with Crippen molar-refractivity contribution < 1.29 is 9.53 Å². The lowest BCUT2D eigenvalue weighted by molar-refractivity contribution is 0.0925. The number of hydrogen-bond donors (Lipinski definition) is 3. The predicted octanol–water partition coefficient (Wildman–Crippen LogP) is 1.04. The highest BCUT2D eigenvalue weighted by Gasteiger charge is 2.20. The van der Waals surface area contributed by atoms with Crippen LogP contribution < -0.4 is 16.6 Å². The SMILES string of the molecule is NNc1cc(C(=O)NC2CCOC2)nc2ccccc12. The van der Waals surface area contributed by atoms with Gasteiger partial charge in [0.25, 0.3) is 5.91 Å². The van der Waals surface area contributed by atoms with Gasteiger partial charge in [0.1, 0.15) is 5.69 Å². The van der Waals surface area contributed by atoms with E-state index in [2.05, 4.69) is 15.7 Å². The number of fused-ring (bicyclic) bond motifs is 1. The van der Waals surface area contributed by atoms with Crippen molar-refractivity contribution in [1.29, 1.82) is 0 Å². The third kappa shape index (κ3) is 2.43. The number of ether oxygens (including phenoxy) is 1. The van der Waals surface area contributed by atoms with Gasteiger partial charge < -0.3 is 15.5 Å². The van der Waals surface area contributed by atoms with Gasteiger partial charge in [-0.05, 0) is 18.6 Å². The number of benzene rings is 1. The summed E-state index contributed by atoms with van der Waals surface area (Å²) >= 11 is 0. The van der Waals surface area contributed by atoms with Gasteiger partial charge in [0.2, 0.25) is 0 Å². The quantitative estimate of drug-likeness (QED) is 0.574. The minimum absolute atomic E-state index is 0.0602. The minimum Gasteiger partial charge on any atom is -0.379 e. The molecule has 1 fully saturated rings. The molecule has 0 spiro atoms. The number of anilines is 1. The van der Waals surface area contributed by atoms with E-state index >= 15 is 0 Å².